The Morgan fingerprint density at radius 1 is 0.712 bits per heavy atom. The third kappa shape index (κ3) is 15.0. The number of carbonyl (C=O) groups is 2. The molecule has 0 radical (unpaired) electrons. The van der Waals surface area contributed by atoms with Crippen LogP contribution in [0.2, 0.25) is 0 Å². The molecule has 4 aromatic heterocycles. The highest BCUT2D eigenvalue weighted by atomic mass is 35.5. The van der Waals surface area contributed by atoms with Crippen LogP contribution in [0.1, 0.15) is 65.1 Å². The molecular weight excluding hydrogens is 854 g/mol. The highest BCUT2D eigenvalue weighted by Gasteiger charge is 2.22. The monoisotopic (exact) mass is 906 g/mol. The molecule has 0 bridgehead atoms. The van der Waals surface area contributed by atoms with Gasteiger partial charge in [-0.15, -0.1) is 5.10 Å². The Morgan fingerprint density at radius 3 is 1.86 bits per heavy atom. The molecular formula is C50H53ClN11O4+. The number of methoxy groups -OCH3 is 2. The SMILES string of the molecule is CCN(CC)CC.COc1ccccc1C(=O)Cl.COc1ccccc1C(=O)n1nc(-c2ccncn2)nc1CCc1ccccc1.[C+]1=CC(CCc2nc(-c3ccncn3)n[nH]2)=CC=C1. The van der Waals surface area contributed by atoms with Gasteiger partial charge < -0.3 is 14.4 Å². The van der Waals surface area contributed by atoms with Crippen LogP contribution in [0.3, 0.4) is 0 Å². The van der Waals surface area contributed by atoms with Crippen LogP contribution in [0.5, 0.6) is 11.5 Å². The zero-order valence-corrected chi connectivity index (χ0v) is 38.5. The van der Waals surface area contributed by atoms with Crippen LogP contribution in [0.25, 0.3) is 23.0 Å². The van der Waals surface area contributed by atoms with Crippen molar-refractivity contribution in [1.29, 1.82) is 0 Å². The van der Waals surface area contributed by atoms with Crippen molar-refractivity contribution in [2.24, 2.45) is 0 Å². The molecule has 0 saturated heterocycles. The molecule has 7 aromatic rings. The largest absolute Gasteiger partial charge is 0.496 e. The number of para-hydroxylation sites is 2. The summed E-state index contributed by atoms with van der Waals surface area (Å²) in [5, 5.41) is 11.1. The lowest BCUT2D eigenvalue weighted by Crippen LogP contribution is -2.21. The number of nitrogens with one attached hydrogen (secondary N) is 1. The van der Waals surface area contributed by atoms with E-state index in [4.69, 9.17) is 21.1 Å². The predicted octanol–water partition coefficient (Wildman–Crippen LogP) is 8.69. The van der Waals surface area contributed by atoms with Gasteiger partial charge in [0.15, 0.2) is 5.82 Å². The van der Waals surface area contributed by atoms with Crippen LogP contribution >= 0.6 is 11.6 Å². The highest BCUT2D eigenvalue weighted by molar-refractivity contribution is 6.68. The molecule has 0 unspecified atom stereocenters. The molecule has 0 spiro atoms. The first kappa shape index (κ1) is 49.4. The first-order valence-corrected chi connectivity index (χ1v) is 21.8. The van der Waals surface area contributed by atoms with E-state index in [-0.39, 0.29) is 5.91 Å². The molecule has 0 atom stereocenters. The molecule has 15 nitrogen and oxygen atoms in total. The fourth-order valence-corrected chi connectivity index (χ4v) is 6.46. The molecule has 66 heavy (non-hydrogen) atoms. The van der Waals surface area contributed by atoms with Crippen LogP contribution < -0.4 is 9.47 Å². The standard InChI is InChI=1S/C22H19N5O2.C14H12N5.C8H7ClO2.C6H15N/c1-29-19-10-6-5-9-17(19)22(28)27-20(12-11-16-7-3-2-4-8-16)25-21(26-27)18-13-14-23-15-24-18;1-2-4-11(5-3-1)6-7-13-17-14(19-18-13)12-8-9-15-10-16-12;1-11-7-5-3-2-4-6(7)8(9)10;1-4-7(5-2)6-3/h2-10,13-15H,11-12H2,1H3;1-2,4-5,8-10H,6-7H2,(H,17,18,19);2-5H,1H3;4-6H2,1-3H3/q;+1;;. The fraction of sp³-hybridized carbons (Fsp3) is 0.240. The molecule has 1 aliphatic rings. The number of hydrogen-bond acceptors (Lipinski definition) is 13. The summed E-state index contributed by atoms with van der Waals surface area (Å²) in [6.07, 6.45) is 20.3. The van der Waals surface area contributed by atoms with Crippen molar-refractivity contribution < 1.29 is 19.1 Å². The van der Waals surface area contributed by atoms with Gasteiger partial charge in [0.05, 0.1) is 37.0 Å². The topological polar surface area (TPSA) is 180 Å². The molecule has 0 amide bonds. The summed E-state index contributed by atoms with van der Waals surface area (Å²) in [5.74, 6) is 3.13. The lowest BCUT2D eigenvalue weighted by atomic mass is 10.1. The Bertz CT molecular complexity index is 2640. The lowest BCUT2D eigenvalue weighted by molar-refractivity contribution is 0.0937. The number of benzene rings is 3. The molecule has 8 rings (SSSR count). The summed E-state index contributed by atoms with van der Waals surface area (Å²) >= 11 is 5.27. The summed E-state index contributed by atoms with van der Waals surface area (Å²) in [4.78, 5) is 51.5. The average Bonchev–Trinajstić information content (AvgIpc) is 4.05. The van der Waals surface area contributed by atoms with E-state index in [9.17, 15) is 9.59 Å². The normalized spacial score (nSPS) is 11.1. The van der Waals surface area contributed by atoms with Gasteiger partial charge in [-0.05, 0) is 79.6 Å². The van der Waals surface area contributed by atoms with Crippen LogP contribution in [-0.4, -0.2) is 99.8 Å². The Hall–Kier alpha value is -7.58. The van der Waals surface area contributed by atoms with Gasteiger partial charge in [-0.25, -0.2) is 29.9 Å². The third-order valence-electron chi connectivity index (χ3n) is 9.92. The molecule has 4 heterocycles. The maximum Gasteiger partial charge on any atom is 0.283 e. The van der Waals surface area contributed by atoms with E-state index < -0.39 is 5.24 Å². The van der Waals surface area contributed by atoms with E-state index in [2.05, 4.69) is 83.0 Å². The minimum Gasteiger partial charge on any atom is -0.496 e. The molecule has 16 heteroatoms. The number of ether oxygens (including phenoxy) is 2. The number of halogens is 1. The van der Waals surface area contributed by atoms with Crippen molar-refractivity contribution in [3.63, 3.8) is 0 Å². The number of aromatic nitrogens is 10. The first-order chi connectivity index (χ1) is 32.3. The van der Waals surface area contributed by atoms with Gasteiger partial charge in [-0.2, -0.15) is 9.78 Å². The molecule has 0 aliphatic heterocycles. The maximum atomic E-state index is 13.3. The Labute approximate surface area is 390 Å². The number of nitrogens with zero attached hydrogens (tertiary/aromatic N) is 10. The Balaban J connectivity index is 0.000000188. The number of carbonyl (C=O) groups excluding carboxylic acids is 2. The van der Waals surface area contributed by atoms with E-state index in [1.54, 1.807) is 67.0 Å². The van der Waals surface area contributed by atoms with Crippen molar-refractivity contribution in [3.8, 4) is 34.5 Å². The van der Waals surface area contributed by atoms with E-state index in [0.717, 1.165) is 36.3 Å². The second-order valence-corrected chi connectivity index (χ2v) is 14.4. The smallest absolute Gasteiger partial charge is 0.283 e. The molecule has 0 saturated carbocycles. The van der Waals surface area contributed by atoms with Gasteiger partial charge in [0.2, 0.25) is 5.82 Å². The van der Waals surface area contributed by atoms with Gasteiger partial charge >= 0.3 is 0 Å². The summed E-state index contributed by atoms with van der Waals surface area (Å²) in [5.41, 5.74) is 4.52. The number of allylic oxidation sites excluding steroid dienone is 6. The predicted molar refractivity (Wildman–Crippen MR) is 255 cm³/mol. The van der Waals surface area contributed by atoms with Gasteiger partial charge in [-0.3, -0.25) is 14.7 Å². The summed E-state index contributed by atoms with van der Waals surface area (Å²) in [6.45, 7) is 10.1. The number of aromatic amines is 1. The average molecular weight is 907 g/mol. The van der Waals surface area contributed by atoms with Gasteiger partial charge in [0.25, 0.3) is 11.1 Å². The van der Waals surface area contributed by atoms with Gasteiger partial charge in [0.1, 0.15) is 59.3 Å². The second kappa shape index (κ2) is 26.9. The summed E-state index contributed by atoms with van der Waals surface area (Å²) < 4.78 is 11.6. The van der Waals surface area contributed by atoms with Crippen molar-refractivity contribution in [1.82, 2.24) is 54.8 Å². The molecule has 1 aliphatic carbocycles. The van der Waals surface area contributed by atoms with Crippen LogP contribution in [0, 0.1) is 6.08 Å². The summed E-state index contributed by atoms with van der Waals surface area (Å²) in [7, 11) is 3.04. The van der Waals surface area contributed by atoms with Crippen molar-refractivity contribution >= 4 is 22.8 Å². The molecule has 1 N–H and O–H groups in total. The fourth-order valence-electron chi connectivity index (χ4n) is 6.31. The molecule has 338 valence electrons. The number of aryl methyl sites for hydroxylation is 3. The quantitative estimate of drug-likeness (QED) is 0.0764. The first-order valence-electron chi connectivity index (χ1n) is 21.4. The van der Waals surface area contributed by atoms with E-state index in [0.29, 0.717) is 52.2 Å². The lowest BCUT2D eigenvalue weighted by Gasteiger charge is -2.13. The van der Waals surface area contributed by atoms with E-state index in [1.807, 2.05) is 54.6 Å². The Morgan fingerprint density at radius 2 is 1.32 bits per heavy atom. The zero-order chi connectivity index (χ0) is 46.9. The zero-order valence-electron chi connectivity index (χ0n) is 37.7. The molecule has 3 aromatic carbocycles. The van der Waals surface area contributed by atoms with Crippen LogP contribution in [-0.2, 0) is 19.3 Å². The van der Waals surface area contributed by atoms with Crippen molar-refractivity contribution in [2.75, 3.05) is 33.9 Å². The maximum absolute atomic E-state index is 13.3. The number of hydrogen-bond donors (Lipinski definition) is 1. The van der Waals surface area contributed by atoms with Crippen LogP contribution in [0.15, 0.2) is 146 Å². The van der Waals surface area contributed by atoms with E-state index in [1.165, 1.54) is 56.8 Å². The molecule has 0 fully saturated rings. The highest BCUT2D eigenvalue weighted by Crippen LogP contribution is 2.22. The van der Waals surface area contributed by atoms with Gasteiger partial charge in [-0.1, -0.05) is 75.4 Å². The van der Waals surface area contributed by atoms with Crippen molar-refractivity contribution in [2.45, 2.75) is 46.5 Å². The van der Waals surface area contributed by atoms with E-state index >= 15 is 0 Å². The third-order valence-corrected chi connectivity index (χ3v) is 10.1. The minimum atomic E-state index is -0.498. The number of H-pyrrole nitrogens is 1. The minimum absolute atomic E-state index is 0.293. The van der Waals surface area contributed by atoms with Crippen molar-refractivity contribution in [3.05, 3.63) is 180 Å². The number of rotatable bonds is 15. The van der Waals surface area contributed by atoms with Gasteiger partial charge in [0, 0.05) is 43.8 Å². The summed E-state index contributed by atoms with van der Waals surface area (Å²) in [6, 6.07) is 27.5. The van der Waals surface area contributed by atoms with Crippen LogP contribution in [0.4, 0.5) is 0 Å². The second-order valence-electron chi connectivity index (χ2n) is 14.1. The Kier molecular flexibility index (Phi) is 20.2.